The molecule has 2 N–H and O–H groups in total. The van der Waals surface area contributed by atoms with Crippen LogP contribution in [0, 0.1) is 0 Å². The van der Waals surface area contributed by atoms with Gasteiger partial charge in [-0.2, -0.15) is 0 Å². The number of hydrogen-bond donors (Lipinski definition) is 1. The number of benzene rings is 7. The molecule has 7 aromatic carbocycles. The Bertz CT molecular complexity index is 2420. The monoisotopic (exact) mass is 615 g/mol. The Kier molecular flexibility index (Phi) is 6.67. The zero-order chi connectivity index (χ0) is 32.1. The maximum atomic E-state index is 6.65. The number of aromatic nitrogens is 1. The maximum absolute atomic E-state index is 6.65. The van der Waals surface area contributed by atoms with E-state index in [1.807, 2.05) is 36.5 Å². The number of nitrogens with two attached hydrogens (primary N) is 1. The highest BCUT2D eigenvalue weighted by atomic mass is 15.0. The lowest BCUT2D eigenvalue weighted by atomic mass is 9.67. The Balaban J connectivity index is 1.30. The molecule has 0 bridgehead atoms. The molecule has 9 rings (SSSR count). The number of nitrogens with zero attached hydrogens (tertiary/aromatic N) is 2. The van der Waals surface area contributed by atoms with Gasteiger partial charge in [-0.05, 0) is 68.8 Å². The molecule has 0 spiro atoms. The number of rotatable bonds is 6. The first-order valence-corrected chi connectivity index (χ1v) is 16.5. The molecule has 0 amide bonds. The van der Waals surface area contributed by atoms with E-state index < -0.39 is 11.6 Å². The second kappa shape index (κ2) is 11.3. The van der Waals surface area contributed by atoms with E-state index in [9.17, 15) is 0 Å². The SMILES string of the molecule is NC(N=Cc1ccccc1)c1cccc(-n2c3ccccc3c3c4c(ccc32)C(c2ccccc2)(c2ccccc2)c2ccccc2-4)c1. The van der Waals surface area contributed by atoms with Gasteiger partial charge in [0.2, 0.25) is 0 Å². The lowest BCUT2D eigenvalue weighted by Crippen LogP contribution is -2.28. The first-order chi connectivity index (χ1) is 23.7. The van der Waals surface area contributed by atoms with Crippen molar-refractivity contribution in [3.8, 4) is 16.8 Å². The number of fused-ring (bicyclic) bond motifs is 7. The maximum Gasteiger partial charge on any atom is 0.123 e. The average molecular weight is 616 g/mol. The van der Waals surface area contributed by atoms with Crippen LogP contribution in [0.3, 0.4) is 0 Å². The zero-order valence-corrected chi connectivity index (χ0v) is 26.4. The van der Waals surface area contributed by atoms with Crippen molar-refractivity contribution < 1.29 is 0 Å². The van der Waals surface area contributed by atoms with Crippen LogP contribution in [0.4, 0.5) is 0 Å². The van der Waals surface area contributed by atoms with Gasteiger partial charge in [-0.3, -0.25) is 4.99 Å². The Morgan fingerprint density at radius 3 is 1.96 bits per heavy atom. The van der Waals surface area contributed by atoms with Gasteiger partial charge in [0.05, 0.1) is 16.4 Å². The molecule has 0 radical (unpaired) electrons. The predicted octanol–water partition coefficient (Wildman–Crippen LogP) is 10.2. The third-order valence-corrected chi connectivity index (χ3v) is 9.91. The van der Waals surface area contributed by atoms with Crippen molar-refractivity contribution in [2.24, 2.45) is 10.7 Å². The molecule has 1 aromatic heterocycles. The van der Waals surface area contributed by atoms with Crippen molar-refractivity contribution in [2.75, 3.05) is 0 Å². The van der Waals surface area contributed by atoms with Crippen LogP contribution in [-0.4, -0.2) is 10.8 Å². The van der Waals surface area contributed by atoms with E-state index >= 15 is 0 Å². The summed E-state index contributed by atoms with van der Waals surface area (Å²) in [4.78, 5) is 4.70. The number of hydrogen-bond acceptors (Lipinski definition) is 2. The summed E-state index contributed by atoms with van der Waals surface area (Å²) in [7, 11) is 0. The van der Waals surface area contributed by atoms with E-state index in [0.29, 0.717) is 0 Å². The predicted molar refractivity (Wildman–Crippen MR) is 199 cm³/mol. The molecule has 1 aliphatic carbocycles. The van der Waals surface area contributed by atoms with Crippen LogP contribution >= 0.6 is 0 Å². The van der Waals surface area contributed by atoms with Crippen LogP contribution in [0.25, 0.3) is 38.6 Å². The molecule has 8 aromatic rings. The van der Waals surface area contributed by atoms with Crippen molar-refractivity contribution >= 4 is 28.0 Å². The van der Waals surface area contributed by atoms with Gasteiger partial charge in [0.1, 0.15) is 6.17 Å². The van der Waals surface area contributed by atoms with Gasteiger partial charge in [0.15, 0.2) is 0 Å². The number of aliphatic imine (C=N–C) groups is 1. The molecule has 0 saturated carbocycles. The van der Waals surface area contributed by atoms with Crippen LogP contribution in [0.2, 0.25) is 0 Å². The lowest BCUT2D eigenvalue weighted by molar-refractivity contribution is 0.769. The molecular weight excluding hydrogens is 583 g/mol. The first kappa shape index (κ1) is 28.2. The summed E-state index contributed by atoms with van der Waals surface area (Å²) >= 11 is 0. The third-order valence-electron chi connectivity index (χ3n) is 9.91. The molecule has 3 heteroatoms. The van der Waals surface area contributed by atoms with Gasteiger partial charge < -0.3 is 10.3 Å². The quantitative estimate of drug-likeness (QED) is 0.186. The fourth-order valence-electron chi connectivity index (χ4n) is 7.91. The molecule has 48 heavy (non-hydrogen) atoms. The summed E-state index contributed by atoms with van der Waals surface area (Å²) in [6.07, 6.45) is 1.37. The van der Waals surface area contributed by atoms with Gasteiger partial charge in [-0.15, -0.1) is 0 Å². The van der Waals surface area contributed by atoms with Crippen LogP contribution in [0.5, 0.6) is 0 Å². The molecule has 0 fully saturated rings. The largest absolute Gasteiger partial charge is 0.309 e. The Morgan fingerprint density at radius 1 is 0.562 bits per heavy atom. The minimum Gasteiger partial charge on any atom is -0.309 e. The van der Waals surface area contributed by atoms with E-state index in [-0.39, 0.29) is 0 Å². The van der Waals surface area contributed by atoms with Gasteiger partial charge in [-0.25, -0.2) is 0 Å². The molecular formula is C45H33N3. The van der Waals surface area contributed by atoms with Crippen LogP contribution in [-0.2, 0) is 5.41 Å². The summed E-state index contributed by atoms with van der Waals surface area (Å²) in [5.74, 6) is 0. The summed E-state index contributed by atoms with van der Waals surface area (Å²) in [6, 6.07) is 63.0. The summed E-state index contributed by atoms with van der Waals surface area (Å²) < 4.78 is 2.38. The fraction of sp³-hybridized carbons (Fsp3) is 0.0444. The van der Waals surface area contributed by atoms with Crippen LogP contribution in [0.1, 0.15) is 39.5 Å². The molecule has 3 nitrogen and oxygen atoms in total. The molecule has 0 saturated heterocycles. The van der Waals surface area contributed by atoms with Gasteiger partial charge >= 0.3 is 0 Å². The second-order valence-corrected chi connectivity index (χ2v) is 12.5. The van der Waals surface area contributed by atoms with Crippen LogP contribution in [0.15, 0.2) is 181 Å². The number of para-hydroxylation sites is 1. The van der Waals surface area contributed by atoms with Gasteiger partial charge in [-0.1, -0.05) is 152 Å². The minimum absolute atomic E-state index is 0.449. The Morgan fingerprint density at radius 2 is 1.21 bits per heavy atom. The highest BCUT2D eigenvalue weighted by Crippen LogP contribution is 2.58. The average Bonchev–Trinajstić information content (AvgIpc) is 3.66. The lowest BCUT2D eigenvalue weighted by Gasteiger charge is -2.33. The van der Waals surface area contributed by atoms with Crippen molar-refractivity contribution in [2.45, 2.75) is 11.6 Å². The molecule has 1 atom stereocenters. The molecule has 0 aliphatic heterocycles. The smallest absolute Gasteiger partial charge is 0.123 e. The van der Waals surface area contributed by atoms with E-state index in [4.69, 9.17) is 10.7 Å². The van der Waals surface area contributed by atoms with Crippen molar-refractivity contribution in [3.63, 3.8) is 0 Å². The standard InChI is InChI=1S/C45H33N3/c46-44(47-30-31-15-4-1-5-16-31)32-17-14-22-35(29-32)48-40-26-13-11-24-37(40)43-41(48)28-27-39-42(43)36-23-10-12-25-38(36)45(39,33-18-6-2-7-19-33)34-20-8-3-9-21-34/h1-30,44H,46H2. The highest BCUT2D eigenvalue weighted by molar-refractivity contribution is 6.18. The highest BCUT2D eigenvalue weighted by Gasteiger charge is 2.47. The fourth-order valence-corrected chi connectivity index (χ4v) is 7.91. The third kappa shape index (κ3) is 4.22. The van der Waals surface area contributed by atoms with Gasteiger partial charge in [0, 0.05) is 22.7 Å². The molecule has 1 heterocycles. The first-order valence-electron chi connectivity index (χ1n) is 16.5. The van der Waals surface area contributed by atoms with E-state index in [1.165, 1.54) is 49.7 Å². The summed E-state index contributed by atoms with van der Waals surface area (Å²) in [6.45, 7) is 0. The summed E-state index contributed by atoms with van der Waals surface area (Å²) in [5.41, 5.74) is 19.3. The molecule has 228 valence electrons. The summed E-state index contributed by atoms with van der Waals surface area (Å²) in [5, 5.41) is 2.49. The normalized spacial score (nSPS) is 13.9. The van der Waals surface area contributed by atoms with Crippen LogP contribution < -0.4 is 5.73 Å². The Hall–Kier alpha value is -6.03. The van der Waals surface area contributed by atoms with Gasteiger partial charge in [0.25, 0.3) is 0 Å². The van der Waals surface area contributed by atoms with Crippen molar-refractivity contribution in [3.05, 3.63) is 209 Å². The molecule has 1 unspecified atom stereocenters. The molecule has 1 aliphatic rings. The van der Waals surface area contributed by atoms with Crippen molar-refractivity contribution in [1.29, 1.82) is 0 Å². The topological polar surface area (TPSA) is 43.3 Å². The second-order valence-electron chi connectivity index (χ2n) is 12.5. The van der Waals surface area contributed by atoms with E-state index in [0.717, 1.165) is 22.3 Å². The van der Waals surface area contributed by atoms with E-state index in [1.54, 1.807) is 0 Å². The Labute approximate surface area is 280 Å². The van der Waals surface area contributed by atoms with E-state index in [2.05, 4.69) is 150 Å². The zero-order valence-electron chi connectivity index (χ0n) is 26.4. The van der Waals surface area contributed by atoms with Crippen molar-refractivity contribution in [1.82, 2.24) is 4.57 Å². The minimum atomic E-state index is -0.480.